The fourth-order valence-corrected chi connectivity index (χ4v) is 3.11. The van der Waals surface area contributed by atoms with Crippen LogP contribution < -0.4 is 11.1 Å². The van der Waals surface area contributed by atoms with Crippen LogP contribution in [0.2, 0.25) is 5.02 Å². The molecule has 3 N–H and O–H groups in total. The Balaban J connectivity index is 1.51. The van der Waals surface area contributed by atoms with Gasteiger partial charge in [-0.05, 0) is 24.3 Å². The highest BCUT2D eigenvalue weighted by molar-refractivity contribution is 6.33. The predicted octanol–water partition coefficient (Wildman–Crippen LogP) is 2.32. The molecular formula is C19H21ClN4O2. The first-order valence-corrected chi connectivity index (χ1v) is 8.83. The Labute approximate surface area is 157 Å². The Kier molecular flexibility index (Phi) is 5.75. The molecule has 6 nitrogen and oxygen atoms in total. The molecule has 1 heterocycles. The fourth-order valence-electron chi connectivity index (χ4n) is 2.93. The summed E-state index contributed by atoms with van der Waals surface area (Å²) in [6.07, 6.45) is 0. The van der Waals surface area contributed by atoms with Crippen LogP contribution in [0.5, 0.6) is 0 Å². The van der Waals surface area contributed by atoms with Gasteiger partial charge in [0.25, 0.3) is 5.91 Å². The molecule has 2 aromatic carbocycles. The maximum atomic E-state index is 12.6. The van der Waals surface area contributed by atoms with E-state index in [1.54, 1.807) is 35.2 Å². The van der Waals surface area contributed by atoms with E-state index in [1.807, 2.05) is 23.1 Å². The van der Waals surface area contributed by atoms with Gasteiger partial charge in [-0.3, -0.25) is 14.5 Å². The Bertz CT molecular complexity index is 804. The van der Waals surface area contributed by atoms with Crippen molar-refractivity contribution in [2.45, 2.75) is 0 Å². The lowest BCUT2D eigenvalue weighted by atomic mass is 10.1. The molecule has 0 unspecified atom stereocenters. The number of hydrogen-bond acceptors (Lipinski definition) is 4. The zero-order valence-electron chi connectivity index (χ0n) is 14.3. The molecule has 0 aliphatic carbocycles. The van der Waals surface area contributed by atoms with Crippen LogP contribution in [0.25, 0.3) is 0 Å². The molecule has 1 aliphatic heterocycles. The lowest BCUT2D eigenvalue weighted by Crippen LogP contribution is -2.50. The summed E-state index contributed by atoms with van der Waals surface area (Å²) in [6, 6.07) is 14.2. The van der Waals surface area contributed by atoms with Crippen molar-refractivity contribution >= 4 is 34.8 Å². The van der Waals surface area contributed by atoms with Crippen LogP contribution in [-0.2, 0) is 4.79 Å². The molecule has 0 spiro atoms. The molecule has 1 aliphatic rings. The number of para-hydroxylation sites is 2. The minimum atomic E-state index is -0.120. The maximum absolute atomic E-state index is 12.6. The number of carbonyl (C=O) groups is 2. The molecule has 0 bridgehead atoms. The lowest BCUT2D eigenvalue weighted by molar-refractivity contribution is -0.117. The fraction of sp³-hybridized carbons (Fsp3) is 0.263. The van der Waals surface area contributed by atoms with Crippen LogP contribution in [0.15, 0.2) is 48.5 Å². The van der Waals surface area contributed by atoms with E-state index in [1.165, 1.54) is 0 Å². The normalized spacial score (nSPS) is 14.9. The zero-order chi connectivity index (χ0) is 18.5. The summed E-state index contributed by atoms with van der Waals surface area (Å²) in [7, 11) is 0. The van der Waals surface area contributed by atoms with E-state index in [4.69, 9.17) is 17.3 Å². The van der Waals surface area contributed by atoms with Gasteiger partial charge in [0.2, 0.25) is 5.91 Å². The number of nitrogens with one attached hydrogen (secondary N) is 1. The highest BCUT2D eigenvalue weighted by atomic mass is 35.5. The van der Waals surface area contributed by atoms with Gasteiger partial charge in [-0.1, -0.05) is 35.9 Å². The maximum Gasteiger partial charge on any atom is 0.256 e. The van der Waals surface area contributed by atoms with Crippen LogP contribution >= 0.6 is 11.6 Å². The van der Waals surface area contributed by atoms with E-state index in [0.717, 1.165) is 0 Å². The quantitative estimate of drug-likeness (QED) is 0.807. The first-order chi connectivity index (χ1) is 12.5. The van der Waals surface area contributed by atoms with Crippen molar-refractivity contribution in [3.63, 3.8) is 0 Å². The van der Waals surface area contributed by atoms with Gasteiger partial charge in [0.1, 0.15) is 0 Å². The number of hydrogen-bond donors (Lipinski definition) is 2. The van der Waals surface area contributed by atoms with Gasteiger partial charge in [-0.15, -0.1) is 0 Å². The second-order valence-corrected chi connectivity index (χ2v) is 6.59. The minimum Gasteiger partial charge on any atom is -0.398 e. The molecular weight excluding hydrogens is 352 g/mol. The molecule has 1 saturated heterocycles. The summed E-state index contributed by atoms with van der Waals surface area (Å²) in [6.45, 7) is 2.66. The first-order valence-electron chi connectivity index (χ1n) is 8.45. The number of nitrogens with zero attached hydrogens (tertiary/aromatic N) is 2. The Hall–Kier alpha value is -2.57. The largest absolute Gasteiger partial charge is 0.398 e. The second kappa shape index (κ2) is 8.21. The molecule has 2 aromatic rings. The smallest absolute Gasteiger partial charge is 0.256 e. The molecule has 1 fully saturated rings. The van der Waals surface area contributed by atoms with E-state index in [-0.39, 0.29) is 18.4 Å². The van der Waals surface area contributed by atoms with Gasteiger partial charge in [0.05, 0.1) is 22.8 Å². The van der Waals surface area contributed by atoms with Gasteiger partial charge >= 0.3 is 0 Å². The average Bonchev–Trinajstić information content (AvgIpc) is 2.64. The summed E-state index contributed by atoms with van der Waals surface area (Å²) in [5.41, 5.74) is 7.50. The van der Waals surface area contributed by atoms with E-state index < -0.39 is 0 Å². The summed E-state index contributed by atoms with van der Waals surface area (Å²) in [4.78, 5) is 28.6. The minimum absolute atomic E-state index is 0.0664. The summed E-state index contributed by atoms with van der Waals surface area (Å²) >= 11 is 6.05. The Morgan fingerprint density at radius 2 is 1.65 bits per heavy atom. The van der Waals surface area contributed by atoms with Crippen molar-refractivity contribution in [2.75, 3.05) is 43.8 Å². The molecule has 0 saturated carbocycles. The number of halogens is 1. The number of amides is 2. The first kappa shape index (κ1) is 18.2. The molecule has 3 rings (SSSR count). The average molecular weight is 373 g/mol. The van der Waals surface area contributed by atoms with Gasteiger partial charge in [-0.25, -0.2) is 0 Å². The number of nitrogens with two attached hydrogens (primary N) is 1. The third-order valence-corrected chi connectivity index (χ3v) is 4.70. The molecule has 0 radical (unpaired) electrons. The van der Waals surface area contributed by atoms with Crippen LogP contribution in [0.4, 0.5) is 11.4 Å². The summed E-state index contributed by atoms with van der Waals surface area (Å²) in [5.74, 6) is -0.187. The van der Waals surface area contributed by atoms with Gasteiger partial charge in [0, 0.05) is 31.9 Å². The third-order valence-electron chi connectivity index (χ3n) is 4.37. The number of rotatable bonds is 4. The molecule has 2 amide bonds. The van der Waals surface area contributed by atoms with E-state index in [9.17, 15) is 9.59 Å². The van der Waals surface area contributed by atoms with E-state index >= 15 is 0 Å². The van der Waals surface area contributed by atoms with Crippen molar-refractivity contribution in [1.29, 1.82) is 0 Å². The lowest BCUT2D eigenvalue weighted by Gasteiger charge is -2.34. The van der Waals surface area contributed by atoms with Crippen LogP contribution in [0.1, 0.15) is 10.4 Å². The molecule has 0 aromatic heterocycles. The molecule has 7 heteroatoms. The van der Waals surface area contributed by atoms with Crippen molar-refractivity contribution in [3.8, 4) is 0 Å². The topological polar surface area (TPSA) is 78.7 Å². The van der Waals surface area contributed by atoms with Crippen LogP contribution in [-0.4, -0.2) is 54.3 Å². The number of benzene rings is 2. The molecule has 136 valence electrons. The van der Waals surface area contributed by atoms with Crippen LogP contribution in [0.3, 0.4) is 0 Å². The van der Waals surface area contributed by atoms with Gasteiger partial charge in [-0.2, -0.15) is 0 Å². The van der Waals surface area contributed by atoms with E-state index in [2.05, 4.69) is 5.32 Å². The number of nitrogen functional groups attached to an aromatic ring is 1. The summed E-state index contributed by atoms with van der Waals surface area (Å²) < 4.78 is 0. The zero-order valence-corrected chi connectivity index (χ0v) is 15.1. The SMILES string of the molecule is Nc1ccccc1C(=O)N1CCN(CC(=O)Nc2ccccc2Cl)CC1. The second-order valence-electron chi connectivity index (χ2n) is 6.18. The van der Waals surface area contributed by atoms with Gasteiger partial charge in [0.15, 0.2) is 0 Å². The summed E-state index contributed by atoms with van der Waals surface area (Å²) in [5, 5.41) is 3.33. The molecule has 0 atom stereocenters. The number of carbonyl (C=O) groups excluding carboxylic acids is 2. The number of piperazine rings is 1. The third kappa shape index (κ3) is 4.33. The van der Waals surface area contributed by atoms with Crippen molar-refractivity contribution in [2.24, 2.45) is 0 Å². The highest BCUT2D eigenvalue weighted by Crippen LogP contribution is 2.20. The Morgan fingerprint density at radius 3 is 2.35 bits per heavy atom. The molecule has 26 heavy (non-hydrogen) atoms. The van der Waals surface area contributed by atoms with Gasteiger partial charge < -0.3 is 16.0 Å². The standard InChI is InChI=1S/C19H21ClN4O2/c20-15-6-2-4-8-17(15)22-18(25)13-23-9-11-24(12-10-23)19(26)14-5-1-3-7-16(14)21/h1-8H,9-13,21H2,(H,22,25). The number of anilines is 2. The predicted molar refractivity (Wildman–Crippen MR) is 103 cm³/mol. The Morgan fingerprint density at radius 1 is 1.00 bits per heavy atom. The van der Waals surface area contributed by atoms with Crippen LogP contribution in [0, 0.1) is 0 Å². The van der Waals surface area contributed by atoms with Crippen molar-refractivity contribution in [1.82, 2.24) is 9.80 Å². The van der Waals surface area contributed by atoms with Crippen molar-refractivity contribution < 1.29 is 9.59 Å². The van der Waals surface area contributed by atoms with E-state index in [0.29, 0.717) is 48.1 Å². The monoisotopic (exact) mass is 372 g/mol. The van der Waals surface area contributed by atoms with Crippen molar-refractivity contribution in [3.05, 3.63) is 59.1 Å². The highest BCUT2D eigenvalue weighted by Gasteiger charge is 2.24.